The average Bonchev–Trinajstić information content (AvgIpc) is 3.16. The smallest absolute Gasteiger partial charge is 0.489 e. The molecule has 4 nitrogen and oxygen atoms in total. The molecule has 0 aliphatic heterocycles. The third-order valence-electron chi connectivity index (χ3n) is 2.81. The number of pyridine rings is 1. The van der Waals surface area contributed by atoms with Crippen molar-refractivity contribution in [3.63, 3.8) is 0 Å². The second kappa shape index (κ2) is 6.41. The summed E-state index contributed by atoms with van der Waals surface area (Å²) in [6.45, 7) is 1.71. The van der Waals surface area contributed by atoms with E-state index in [2.05, 4.69) is 15.0 Å². The fourth-order valence-electron chi connectivity index (χ4n) is 1.69. The molecule has 0 bridgehead atoms. The summed E-state index contributed by atoms with van der Waals surface area (Å²) in [7, 11) is 0. The van der Waals surface area contributed by atoms with E-state index in [4.69, 9.17) is 4.74 Å². The van der Waals surface area contributed by atoms with Crippen LogP contribution in [0.5, 0.6) is 5.75 Å². The van der Waals surface area contributed by atoms with Crippen LogP contribution in [-0.2, 0) is 11.3 Å². The van der Waals surface area contributed by atoms with Crippen LogP contribution < -0.4 is 10.1 Å². The molecule has 20 heavy (non-hydrogen) atoms. The molecule has 1 saturated carbocycles. The van der Waals surface area contributed by atoms with Crippen molar-refractivity contribution in [2.75, 3.05) is 13.2 Å². The maximum atomic E-state index is 11.8. The zero-order chi connectivity index (χ0) is 14.6. The Morgan fingerprint density at radius 1 is 1.30 bits per heavy atom. The minimum Gasteiger partial charge on any atom is -0.489 e. The number of nitrogens with one attached hydrogen (secondary N) is 1. The Balaban J connectivity index is 1.85. The molecule has 1 aliphatic rings. The minimum atomic E-state index is -4.62. The van der Waals surface area contributed by atoms with Crippen LogP contribution in [0.4, 0.5) is 13.2 Å². The van der Waals surface area contributed by atoms with E-state index in [1.54, 1.807) is 12.1 Å². The van der Waals surface area contributed by atoms with Gasteiger partial charge in [0, 0.05) is 18.3 Å². The molecule has 1 N–H and O–H groups in total. The van der Waals surface area contributed by atoms with E-state index >= 15 is 0 Å². The van der Waals surface area contributed by atoms with Crippen molar-refractivity contribution in [3.05, 3.63) is 23.5 Å². The maximum Gasteiger partial charge on any atom is 0.522 e. The first-order chi connectivity index (χ1) is 9.44. The fraction of sp³-hybridized carbons (Fsp3) is 0.615. The van der Waals surface area contributed by atoms with Crippen molar-refractivity contribution in [3.8, 4) is 5.75 Å². The predicted molar refractivity (Wildman–Crippen MR) is 66.3 cm³/mol. The van der Waals surface area contributed by atoms with Crippen molar-refractivity contribution >= 4 is 0 Å². The molecule has 112 valence electrons. The van der Waals surface area contributed by atoms with Crippen molar-refractivity contribution in [1.29, 1.82) is 0 Å². The standard InChI is InChI=1S/C13H17F3N2O2/c1-9-2-5-12(19-6-7-20-13(14,15)16)11(18-9)8-17-10-3-4-10/h2,5,10,17H,3-4,6-8H2,1H3. The van der Waals surface area contributed by atoms with Gasteiger partial charge in [-0.3, -0.25) is 9.72 Å². The molecule has 0 radical (unpaired) electrons. The summed E-state index contributed by atoms with van der Waals surface area (Å²) in [5.41, 5.74) is 1.56. The van der Waals surface area contributed by atoms with Gasteiger partial charge in [0.15, 0.2) is 0 Å². The van der Waals surface area contributed by atoms with Gasteiger partial charge < -0.3 is 10.1 Å². The van der Waals surface area contributed by atoms with E-state index in [1.165, 1.54) is 0 Å². The van der Waals surface area contributed by atoms with Crippen molar-refractivity contribution in [2.24, 2.45) is 0 Å². The van der Waals surface area contributed by atoms with Crippen molar-refractivity contribution in [2.45, 2.75) is 38.7 Å². The molecular formula is C13H17F3N2O2. The highest BCUT2D eigenvalue weighted by molar-refractivity contribution is 5.29. The largest absolute Gasteiger partial charge is 0.522 e. The molecule has 1 aromatic rings. The number of hydrogen-bond donors (Lipinski definition) is 1. The Kier molecular flexibility index (Phi) is 4.82. The first-order valence-corrected chi connectivity index (χ1v) is 6.47. The van der Waals surface area contributed by atoms with E-state index in [0.717, 1.165) is 18.5 Å². The third kappa shape index (κ3) is 5.34. The molecule has 1 aromatic heterocycles. The molecule has 2 rings (SSSR count). The number of nitrogens with zero attached hydrogens (tertiary/aromatic N) is 1. The summed E-state index contributed by atoms with van der Waals surface area (Å²) in [6.07, 6.45) is -2.31. The van der Waals surface area contributed by atoms with E-state index in [1.807, 2.05) is 6.92 Å². The normalized spacial score (nSPS) is 15.4. The first-order valence-electron chi connectivity index (χ1n) is 6.47. The number of alkyl halides is 3. The number of aromatic nitrogens is 1. The highest BCUT2D eigenvalue weighted by Gasteiger charge is 2.28. The molecule has 7 heteroatoms. The maximum absolute atomic E-state index is 11.8. The number of halogens is 3. The van der Waals surface area contributed by atoms with Gasteiger partial charge in [-0.2, -0.15) is 0 Å². The fourth-order valence-corrected chi connectivity index (χ4v) is 1.69. The van der Waals surface area contributed by atoms with Crippen molar-refractivity contribution in [1.82, 2.24) is 10.3 Å². The second-order valence-electron chi connectivity index (χ2n) is 4.70. The highest BCUT2D eigenvalue weighted by atomic mass is 19.4. The molecular weight excluding hydrogens is 273 g/mol. The zero-order valence-corrected chi connectivity index (χ0v) is 11.2. The lowest BCUT2D eigenvalue weighted by atomic mass is 10.3. The van der Waals surface area contributed by atoms with Gasteiger partial charge in [0.2, 0.25) is 0 Å². The molecule has 0 aromatic carbocycles. The van der Waals surface area contributed by atoms with Crippen molar-refractivity contribution < 1.29 is 22.6 Å². The highest BCUT2D eigenvalue weighted by Crippen LogP contribution is 2.22. The van der Waals surface area contributed by atoms with Gasteiger partial charge in [-0.15, -0.1) is 13.2 Å². The Morgan fingerprint density at radius 3 is 2.70 bits per heavy atom. The molecule has 0 unspecified atom stereocenters. The minimum absolute atomic E-state index is 0.166. The van der Waals surface area contributed by atoms with Gasteiger partial charge in [-0.25, -0.2) is 0 Å². The Bertz CT molecular complexity index is 448. The topological polar surface area (TPSA) is 43.4 Å². The zero-order valence-electron chi connectivity index (χ0n) is 11.2. The summed E-state index contributed by atoms with van der Waals surface area (Å²) in [5.74, 6) is 0.495. The third-order valence-corrected chi connectivity index (χ3v) is 2.81. The summed E-state index contributed by atoms with van der Waals surface area (Å²) in [4.78, 5) is 4.35. The van der Waals surface area contributed by atoms with E-state index in [0.29, 0.717) is 24.0 Å². The molecule has 0 atom stereocenters. The van der Waals surface area contributed by atoms with Crippen LogP contribution in [0.1, 0.15) is 24.2 Å². The van der Waals surface area contributed by atoms with Gasteiger partial charge >= 0.3 is 6.36 Å². The van der Waals surface area contributed by atoms with Gasteiger partial charge in [0.25, 0.3) is 0 Å². The SMILES string of the molecule is Cc1ccc(OCCOC(F)(F)F)c(CNC2CC2)n1. The molecule has 0 amide bonds. The van der Waals surface area contributed by atoms with Crippen LogP contribution in [0.3, 0.4) is 0 Å². The number of rotatable bonds is 7. The number of hydrogen-bond acceptors (Lipinski definition) is 4. The van der Waals surface area contributed by atoms with Crippen LogP contribution in [0.25, 0.3) is 0 Å². The van der Waals surface area contributed by atoms with Crippen LogP contribution in [0.2, 0.25) is 0 Å². The Morgan fingerprint density at radius 2 is 2.05 bits per heavy atom. The monoisotopic (exact) mass is 290 g/mol. The van der Waals surface area contributed by atoms with Crippen LogP contribution in [0, 0.1) is 6.92 Å². The van der Waals surface area contributed by atoms with E-state index < -0.39 is 13.0 Å². The van der Waals surface area contributed by atoms with E-state index in [9.17, 15) is 13.2 Å². The Hall–Kier alpha value is -1.34. The molecule has 0 spiro atoms. The predicted octanol–water partition coefficient (Wildman–Crippen LogP) is 2.56. The van der Waals surface area contributed by atoms with Gasteiger partial charge in [0.05, 0.1) is 12.3 Å². The van der Waals surface area contributed by atoms with E-state index in [-0.39, 0.29) is 6.61 Å². The van der Waals surface area contributed by atoms with Crippen LogP contribution in [-0.4, -0.2) is 30.6 Å². The lowest BCUT2D eigenvalue weighted by Crippen LogP contribution is -2.20. The average molecular weight is 290 g/mol. The quantitative estimate of drug-likeness (QED) is 0.784. The molecule has 0 saturated heterocycles. The molecule has 1 fully saturated rings. The van der Waals surface area contributed by atoms with Crippen LogP contribution in [0.15, 0.2) is 12.1 Å². The summed E-state index contributed by atoms with van der Waals surface area (Å²) in [6, 6.07) is 4.01. The summed E-state index contributed by atoms with van der Waals surface area (Å²) < 4.78 is 44.5. The lowest BCUT2D eigenvalue weighted by molar-refractivity contribution is -0.325. The Labute approximate surface area is 115 Å². The van der Waals surface area contributed by atoms with Gasteiger partial charge in [-0.1, -0.05) is 0 Å². The van der Waals surface area contributed by atoms with Gasteiger partial charge in [0.1, 0.15) is 12.4 Å². The first kappa shape index (κ1) is 15.1. The second-order valence-corrected chi connectivity index (χ2v) is 4.70. The van der Waals surface area contributed by atoms with Gasteiger partial charge in [-0.05, 0) is 31.9 Å². The lowest BCUT2D eigenvalue weighted by Gasteiger charge is -2.13. The summed E-state index contributed by atoms with van der Waals surface area (Å²) in [5, 5.41) is 3.30. The number of ether oxygens (including phenoxy) is 2. The van der Waals surface area contributed by atoms with Crippen LogP contribution >= 0.6 is 0 Å². The summed E-state index contributed by atoms with van der Waals surface area (Å²) >= 11 is 0. The molecule has 1 heterocycles. The molecule has 1 aliphatic carbocycles. The number of aryl methyl sites for hydroxylation is 1.